The van der Waals surface area contributed by atoms with E-state index >= 15 is 0 Å². The molecule has 21 heavy (non-hydrogen) atoms. The Morgan fingerprint density at radius 3 is 2.86 bits per heavy atom. The van der Waals surface area contributed by atoms with Crippen LogP contribution in [0.4, 0.5) is 0 Å². The fourth-order valence-corrected chi connectivity index (χ4v) is 2.57. The smallest absolute Gasteiger partial charge is 0.163 e. The lowest BCUT2D eigenvalue weighted by atomic mass is 10.1. The summed E-state index contributed by atoms with van der Waals surface area (Å²) in [4.78, 5) is 0. The van der Waals surface area contributed by atoms with Crippen LogP contribution >= 0.6 is 0 Å². The molecule has 1 N–H and O–H groups in total. The van der Waals surface area contributed by atoms with Gasteiger partial charge < -0.3 is 24.1 Å². The second-order valence-corrected chi connectivity index (χ2v) is 6.09. The van der Waals surface area contributed by atoms with Gasteiger partial charge in [0.25, 0.3) is 0 Å². The van der Waals surface area contributed by atoms with Gasteiger partial charge in [-0.15, -0.1) is 0 Å². The third kappa shape index (κ3) is 6.04. The van der Waals surface area contributed by atoms with Gasteiger partial charge in [0.1, 0.15) is 6.10 Å². The van der Waals surface area contributed by atoms with Gasteiger partial charge in [0.2, 0.25) is 0 Å². The predicted molar refractivity (Wildman–Crippen MR) is 78.8 cm³/mol. The van der Waals surface area contributed by atoms with Crippen molar-refractivity contribution in [2.75, 3.05) is 19.8 Å². The lowest BCUT2D eigenvalue weighted by molar-refractivity contribution is -0.180. The Labute approximate surface area is 127 Å². The normalized spacial score (nSPS) is 30.8. The van der Waals surface area contributed by atoms with Gasteiger partial charge in [-0.1, -0.05) is 12.2 Å². The summed E-state index contributed by atoms with van der Waals surface area (Å²) in [6.07, 6.45) is 8.51. The van der Waals surface area contributed by atoms with Gasteiger partial charge in [0, 0.05) is 13.2 Å². The fourth-order valence-electron chi connectivity index (χ4n) is 2.57. The number of hydrogen-bond donors (Lipinski definition) is 1. The molecule has 2 fully saturated rings. The molecule has 2 aliphatic heterocycles. The largest absolute Gasteiger partial charge is 0.396 e. The van der Waals surface area contributed by atoms with E-state index in [0.717, 1.165) is 38.7 Å². The van der Waals surface area contributed by atoms with E-state index in [2.05, 4.69) is 0 Å². The van der Waals surface area contributed by atoms with E-state index in [4.69, 9.17) is 24.1 Å². The SMILES string of the molecule is CC1(C)OCC(/C=C/C(CCCO)OC2CCCCO2)O1. The van der Waals surface area contributed by atoms with Gasteiger partial charge in [0.05, 0.1) is 12.7 Å². The van der Waals surface area contributed by atoms with E-state index in [1.807, 2.05) is 26.0 Å². The maximum Gasteiger partial charge on any atom is 0.163 e. The van der Waals surface area contributed by atoms with Crippen LogP contribution in [0.25, 0.3) is 0 Å². The minimum Gasteiger partial charge on any atom is -0.396 e. The Balaban J connectivity index is 1.83. The molecule has 2 aliphatic rings. The van der Waals surface area contributed by atoms with Crippen LogP contribution in [-0.2, 0) is 18.9 Å². The molecule has 0 spiro atoms. The van der Waals surface area contributed by atoms with Gasteiger partial charge in [-0.3, -0.25) is 0 Å². The molecular formula is C16H28O5. The van der Waals surface area contributed by atoms with Gasteiger partial charge in [0.15, 0.2) is 12.1 Å². The van der Waals surface area contributed by atoms with E-state index in [0.29, 0.717) is 6.61 Å². The number of rotatable bonds is 7. The van der Waals surface area contributed by atoms with Crippen molar-refractivity contribution in [1.82, 2.24) is 0 Å². The summed E-state index contributed by atoms with van der Waals surface area (Å²) in [5, 5.41) is 9.01. The topological polar surface area (TPSA) is 57.2 Å². The first-order valence-electron chi connectivity index (χ1n) is 7.97. The zero-order valence-corrected chi connectivity index (χ0v) is 13.1. The highest BCUT2D eigenvalue weighted by Crippen LogP contribution is 2.24. The molecule has 0 aliphatic carbocycles. The zero-order valence-electron chi connectivity index (χ0n) is 13.1. The summed E-state index contributed by atoms with van der Waals surface area (Å²) in [7, 11) is 0. The highest BCUT2D eigenvalue weighted by Gasteiger charge is 2.31. The van der Waals surface area contributed by atoms with Crippen LogP contribution in [0.5, 0.6) is 0 Å². The molecule has 3 atom stereocenters. The minimum atomic E-state index is -0.511. The predicted octanol–water partition coefficient (Wildman–Crippen LogP) is 2.38. The molecule has 0 amide bonds. The molecule has 3 unspecified atom stereocenters. The molecule has 5 nitrogen and oxygen atoms in total. The number of aliphatic hydroxyl groups is 1. The summed E-state index contributed by atoms with van der Waals surface area (Å²) in [5.41, 5.74) is 0. The maximum atomic E-state index is 9.01. The first-order chi connectivity index (χ1) is 10.1. The summed E-state index contributed by atoms with van der Waals surface area (Å²) in [6, 6.07) is 0. The lowest BCUT2D eigenvalue weighted by Gasteiger charge is -2.26. The van der Waals surface area contributed by atoms with Crippen LogP contribution in [0.1, 0.15) is 46.0 Å². The van der Waals surface area contributed by atoms with Crippen molar-refractivity contribution >= 4 is 0 Å². The Kier molecular flexibility index (Phi) is 6.64. The van der Waals surface area contributed by atoms with Crippen molar-refractivity contribution in [2.45, 2.75) is 70.2 Å². The molecule has 0 aromatic rings. The third-order valence-electron chi connectivity index (χ3n) is 3.68. The fraction of sp³-hybridized carbons (Fsp3) is 0.875. The minimum absolute atomic E-state index is 0.0347. The van der Waals surface area contributed by atoms with E-state index < -0.39 is 5.79 Å². The van der Waals surface area contributed by atoms with E-state index in [-0.39, 0.29) is 25.1 Å². The first kappa shape index (κ1) is 16.9. The highest BCUT2D eigenvalue weighted by molar-refractivity contribution is 4.97. The second kappa shape index (κ2) is 8.25. The van der Waals surface area contributed by atoms with Gasteiger partial charge in [-0.05, 0) is 46.0 Å². The maximum absolute atomic E-state index is 9.01. The average molecular weight is 300 g/mol. The van der Waals surface area contributed by atoms with Crippen LogP contribution < -0.4 is 0 Å². The van der Waals surface area contributed by atoms with Gasteiger partial charge in [-0.25, -0.2) is 0 Å². The van der Waals surface area contributed by atoms with Crippen molar-refractivity contribution in [3.8, 4) is 0 Å². The quantitative estimate of drug-likeness (QED) is 0.732. The molecule has 2 rings (SSSR count). The van der Waals surface area contributed by atoms with E-state index in [1.54, 1.807) is 0 Å². The standard InChI is InChI=1S/C16H28O5/c1-16(2)19-12-14(21-16)9-8-13(6-5-10-17)20-15-7-3-4-11-18-15/h8-9,13-15,17H,3-7,10-12H2,1-2H3/b9-8+. The summed E-state index contributed by atoms with van der Waals surface area (Å²) in [5.74, 6) is -0.511. The zero-order chi connectivity index (χ0) is 15.1. The molecule has 0 radical (unpaired) electrons. The molecule has 0 saturated carbocycles. The molecule has 122 valence electrons. The monoisotopic (exact) mass is 300 g/mol. The molecule has 0 aromatic heterocycles. The van der Waals surface area contributed by atoms with Crippen LogP contribution in [0.3, 0.4) is 0 Å². The summed E-state index contributed by atoms with van der Waals surface area (Å²) >= 11 is 0. The Morgan fingerprint density at radius 1 is 1.38 bits per heavy atom. The van der Waals surface area contributed by atoms with E-state index in [1.165, 1.54) is 0 Å². The molecule has 0 bridgehead atoms. The Hall–Kier alpha value is -0.460. The molecule has 5 heteroatoms. The number of ether oxygens (including phenoxy) is 4. The van der Waals surface area contributed by atoms with Crippen LogP contribution in [0.2, 0.25) is 0 Å². The summed E-state index contributed by atoms with van der Waals surface area (Å²) < 4.78 is 22.9. The van der Waals surface area contributed by atoms with Crippen molar-refractivity contribution in [3.05, 3.63) is 12.2 Å². The molecular weight excluding hydrogens is 272 g/mol. The lowest BCUT2D eigenvalue weighted by Crippen LogP contribution is -2.27. The first-order valence-corrected chi connectivity index (χ1v) is 7.97. The Bertz CT molecular complexity index is 323. The van der Waals surface area contributed by atoms with Crippen molar-refractivity contribution < 1.29 is 24.1 Å². The van der Waals surface area contributed by atoms with Crippen LogP contribution in [-0.4, -0.2) is 49.2 Å². The second-order valence-electron chi connectivity index (χ2n) is 6.09. The van der Waals surface area contributed by atoms with Crippen LogP contribution in [0.15, 0.2) is 12.2 Å². The average Bonchev–Trinajstić information content (AvgIpc) is 2.82. The molecule has 0 aromatic carbocycles. The van der Waals surface area contributed by atoms with Gasteiger partial charge in [-0.2, -0.15) is 0 Å². The number of aliphatic hydroxyl groups excluding tert-OH is 1. The number of hydrogen-bond acceptors (Lipinski definition) is 5. The van der Waals surface area contributed by atoms with E-state index in [9.17, 15) is 0 Å². The van der Waals surface area contributed by atoms with Crippen molar-refractivity contribution in [3.63, 3.8) is 0 Å². The Morgan fingerprint density at radius 2 is 2.24 bits per heavy atom. The van der Waals surface area contributed by atoms with Gasteiger partial charge >= 0.3 is 0 Å². The van der Waals surface area contributed by atoms with Crippen LogP contribution in [0, 0.1) is 0 Å². The summed E-state index contributed by atoms with van der Waals surface area (Å²) in [6.45, 7) is 5.34. The third-order valence-corrected chi connectivity index (χ3v) is 3.68. The molecule has 2 heterocycles. The highest BCUT2D eigenvalue weighted by atomic mass is 16.7. The molecule has 2 saturated heterocycles. The van der Waals surface area contributed by atoms with Crippen molar-refractivity contribution in [2.24, 2.45) is 0 Å². The van der Waals surface area contributed by atoms with Crippen molar-refractivity contribution in [1.29, 1.82) is 0 Å².